The highest BCUT2D eigenvalue weighted by Gasteiger charge is 2.14. The van der Waals surface area contributed by atoms with Crippen LogP contribution in [0.15, 0.2) is 60.9 Å². The molecule has 5 rings (SSSR count). The molecular weight excluding hydrogens is 379 g/mol. The molecule has 8 heteroatoms. The smallest absolute Gasteiger partial charge is 0.163 e. The summed E-state index contributed by atoms with van der Waals surface area (Å²) in [5.41, 5.74) is 2.08. The number of anilines is 2. The van der Waals surface area contributed by atoms with Crippen molar-refractivity contribution in [2.45, 2.75) is 0 Å². The Morgan fingerprint density at radius 1 is 0.964 bits per heavy atom. The van der Waals surface area contributed by atoms with Gasteiger partial charge in [-0.25, -0.2) is 14.4 Å². The third kappa shape index (κ3) is 2.82. The molecule has 3 aromatic heterocycles. The highest BCUT2D eigenvalue weighted by atomic mass is 35.5. The summed E-state index contributed by atoms with van der Waals surface area (Å²) < 4.78 is 13.7. The van der Waals surface area contributed by atoms with E-state index in [0.717, 1.165) is 10.9 Å². The Labute approximate surface area is 163 Å². The maximum Gasteiger partial charge on any atom is 0.163 e. The Morgan fingerprint density at radius 2 is 1.86 bits per heavy atom. The number of benzene rings is 2. The van der Waals surface area contributed by atoms with Crippen molar-refractivity contribution in [1.82, 2.24) is 25.1 Å². The quantitative estimate of drug-likeness (QED) is 0.448. The maximum absolute atomic E-state index is 13.7. The molecule has 28 heavy (non-hydrogen) atoms. The van der Waals surface area contributed by atoms with Crippen LogP contribution in [0.2, 0.25) is 5.02 Å². The molecule has 3 heterocycles. The normalized spacial score (nSPS) is 11.2. The van der Waals surface area contributed by atoms with Gasteiger partial charge in [0.2, 0.25) is 0 Å². The molecular formula is C20H12ClFN6. The van der Waals surface area contributed by atoms with Gasteiger partial charge in [0.15, 0.2) is 11.6 Å². The second-order valence-electron chi connectivity index (χ2n) is 6.16. The van der Waals surface area contributed by atoms with Crippen molar-refractivity contribution in [2.24, 2.45) is 0 Å². The number of fused-ring (bicyclic) bond motifs is 2. The number of hydrogen-bond donors (Lipinski definition) is 2. The number of halogens is 2. The molecule has 0 aliphatic rings. The zero-order valence-electron chi connectivity index (χ0n) is 14.3. The van der Waals surface area contributed by atoms with E-state index in [2.05, 4.69) is 30.5 Å². The van der Waals surface area contributed by atoms with Gasteiger partial charge in [0.1, 0.15) is 11.6 Å². The van der Waals surface area contributed by atoms with Crippen LogP contribution >= 0.6 is 11.6 Å². The van der Waals surface area contributed by atoms with Crippen LogP contribution in [0.1, 0.15) is 0 Å². The molecule has 136 valence electrons. The van der Waals surface area contributed by atoms with Gasteiger partial charge in [0, 0.05) is 22.5 Å². The number of H-pyrrole nitrogens is 1. The lowest BCUT2D eigenvalue weighted by Gasteiger charge is -2.10. The van der Waals surface area contributed by atoms with Gasteiger partial charge < -0.3 is 5.32 Å². The molecule has 0 radical (unpaired) electrons. The Kier molecular flexibility index (Phi) is 3.87. The van der Waals surface area contributed by atoms with E-state index in [0.29, 0.717) is 38.9 Å². The lowest BCUT2D eigenvalue weighted by molar-refractivity contribution is 0.630. The first kappa shape index (κ1) is 16.6. The van der Waals surface area contributed by atoms with Crippen LogP contribution in [0, 0.1) is 5.82 Å². The van der Waals surface area contributed by atoms with Gasteiger partial charge in [-0.1, -0.05) is 23.7 Å². The van der Waals surface area contributed by atoms with Crippen molar-refractivity contribution in [3.05, 3.63) is 71.8 Å². The lowest BCUT2D eigenvalue weighted by atomic mass is 10.2. The largest absolute Gasteiger partial charge is 0.322 e. The van der Waals surface area contributed by atoms with Gasteiger partial charge in [-0.2, -0.15) is 5.10 Å². The molecule has 0 saturated carbocycles. The first-order chi connectivity index (χ1) is 13.7. The van der Waals surface area contributed by atoms with E-state index in [1.807, 2.05) is 24.3 Å². The lowest BCUT2D eigenvalue weighted by Crippen LogP contribution is -2.00. The van der Waals surface area contributed by atoms with E-state index >= 15 is 0 Å². The molecule has 2 N–H and O–H groups in total. The monoisotopic (exact) mass is 390 g/mol. The minimum Gasteiger partial charge on any atom is -0.322 e. The maximum atomic E-state index is 13.7. The summed E-state index contributed by atoms with van der Waals surface area (Å²) in [7, 11) is 0. The van der Waals surface area contributed by atoms with E-state index in [1.165, 1.54) is 12.1 Å². The predicted octanol–water partition coefficient (Wildman–Crippen LogP) is 5.10. The van der Waals surface area contributed by atoms with E-state index in [-0.39, 0.29) is 5.82 Å². The highest BCUT2D eigenvalue weighted by molar-refractivity contribution is 6.33. The number of hydrogen-bond acceptors (Lipinski definition) is 5. The number of nitrogens with one attached hydrogen (secondary N) is 2. The summed E-state index contributed by atoms with van der Waals surface area (Å²) in [6, 6.07) is 13.6. The van der Waals surface area contributed by atoms with Crippen LogP contribution in [-0.4, -0.2) is 25.1 Å². The summed E-state index contributed by atoms with van der Waals surface area (Å²) >= 11 is 6.33. The van der Waals surface area contributed by atoms with Crippen LogP contribution < -0.4 is 5.32 Å². The van der Waals surface area contributed by atoms with Crippen LogP contribution in [0.4, 0.5) is 16.0 Å². The van der Waals surface area contributed by atoms with Gasteiger partial charge in [-0.15, -0.1) is 0 Å². The molecule has 0 saturated heterocycles. The fourth-order valence-electron chi connectivity index (χ4n) is 3.03. The van der Waals surface area contributed by atoms with Crippen LogP contribution in [0.25, 0.3) is 33.2 Å². The van der Waals surface area contributed by atoms with Gasteiger partial charge in [-0.05, 0) is 36.4 Å². The molecule has 0 bridgehead atoms. The van der Waals surface area contributed by atoms with E-state index in [4.69, 9.17) is 11.6 Å². The fraction of sp³-hybridized carbons (Fsp3) is 0. The molecule has 0 spiro atoms. The van der Waals surface area contributed by atoms with Gasteiger partial charge in [0.25, 0.3) is 0 Å². The van der Waals surface area contributed by atoms with Crippen molar-refractivity contribution in [1.29, 1.82) is 0 Å². The molecule has 5 aromatic rings. The topological polar surface area (TPSA) is 79.4 Å². The second-order valence-corrected chi connectivity index (χ2v) is 6.56. The number of aromatic amines is 1. The van der Waals surface area contributed by atoms with Gasteiger partial charge in [-0.3, -0.25) is 10.1 Å². The zero-order valence-corrected chi connectivity index (χ0v) is 15.1. The zero-order chi connectivity index (χ0) is 19.1. The predicted molar refractivity (Wildman–Crippen MR) is 107 cm³/mol. The fourth-order valence-corrected chi connectivity index (χ4v) is 3.25. The molecule has 6 nitrogen and oxygen atoms in total. The molecule has 2 aromatic carbocycles. The summed E-state index contributed by atoms with van der Waals surface area (Å²) in [5, 5.41) is 12.3. The third-order valence-corrected chi connectivity index (χ3v) is 4.71. The summed E-state index contributed by atoms with van der Waals surface area (Å²) in [5.74, 6) is 1.11. The van der Waals surface area contributed by atoms with Crippen molar-refractivity contribution < 1.29 is 4.39 Å². The van der Waals surface area contributed by atoms with Crippen LogP contribution in [-0.2, 0) is 0 Å². The first-order valence-corrected chi connectivity index (χ1v) is 8.84. The van der Waals surface area contributed by atoms with E-state index in [9.17, 15) is 4.39 Å². The minimum atomic E-state index is -0.342. The summed E-state index contributed by atoms with van der Waals surface area (Å²) in [4.78, 5) is 13.4. The molecule has 0 atom stereocenters. The van der Waals surface area contributed by atoms with E-state index in [1.54, 1.807) is 24.5 Å². The Morgan fingerprint density at radius 3 is 2.75 bits per heavy atom. The van der Waals surface area contributed by atoms with Crippen LogP contribution in [0.3, 0.4) is 0 Å². The molecule has 0 aliphatic heterocycles. The number of rotatable bonds is 3. The number of pyridine rings is 1. The van der Waals surface area contributed by atoms with Gasteiger partial charge in [0.05, 0.1) is 22.3 Å². The number of nitrogens with zero attached hydrogens (tertiary/aromatic N) is 4. The van der Waals surface area contributed by atoms with E-state index < -0.39 is 0 Å². The van der Waals surface area contributed by atoms with Crippen molar-refractivity contribution in [3.63, 3.8) is 0 Å². The first-order valence-electron chi connectivity index (χ1n) is 8.46. The van der Waals surface area contributed by atoms with Crippen molar-refractivity contribution >= 4 is 45.0 Å². The third-order valence-electron chi connectivity index (χ3n) is 4.38. The second kappa shape index (κ2) is 6.54. The highest BCUT2D eigenvalue weighted by Crippen LogP contribution is 2.31. The number of aromatic nitrogens is 5. The molecule has 0 aliphatic carbocycles. The summed E-state index contributed by atoms with van der Waals surface area (Å²) in [6.45, 7) is 0. The van der Waals surface area contributed by atoms with Crippen molar-refractivity contribution in [2.75, 3.05) is 5.32 Å². The Bertz CT molecular complexity index is 1330. The molecule has 0 fully saturated rings. The average molecular weight is 391 g/mol. The SMILES string of the molecule is Fc1ccc2[nH]nc(Nc3nc(-c4ccccc4Cl)nc4cnccc34)c2c1. The van der Waals surface area contributed by atoms with Gasteiger partial charge >= 0.3 is 0 Å². The van der Waals surface area contributed by atoms with Crippen LogP contribution in [0.5, 0.6) is 0 Å². The Hall–Kier alpha value is -3.58. The summed E-state index contributed by atoms with van der Waals surface area (Å²) in [6.07, 6.45) is 3.32. The van der Waals surface area contributed by atoms with Crippen molar-refractivity contribution in [3.8, 4) is 11.4 Å². The molecule has 0 unspecified atom stereocenters. The molecule has 0 amide bonds. The Balaban J connectivity index is 1.69. The minimum absolute atomic E-state index is 0.342. The standard InChI is InChI=1S/C20H12ClFN6/c21-15-4-2-1-3-12(15)18-24-17-10-23-8-7-13(17)19(25-18)26-20-14-9-11(22)5-6-16(14)27-28-20/h1-10H,(H2,24,25,26,27,28). The average Bonchev–Trinajstić information content (AvgIpc) is 3.10.